The molecule has 1 saturated carbocycles. The highest BCUT2D eigenvalue weighted by Crippen LogP contribution is 2.71. The average Bonchev–Trinajstić information content (AvgIpc) is 3.38. The molecule has 1 unspecified atom stereocenters. The van der Waals surface area contributed by atoms with Crippen LogP contribution in [0, 0.1) is 11.3 Å². The Labute approximate surface area is 173 Å². The molecule has 2 spiro atoms. The Kier molecular flexibility index (Phi) is 7.47. The summed E-state index contributed by atoms with van der Waals surface area (Å²) < 4.78 is 0. The fraction of sp³-hybridized carbons (Fsp3) is 0.429. The van der Waals surface area contributed by atoms with Crippen molar-refractivity contribution in [2.24, 2.45) is 11.3 Å². The van der Waals surface area contributed by atoms with Crippen LogP contribution in [0.3, 0.4) is 0 Å². The van der Waals surface area contributed by atoms with Gasteiger partial charge in [-0.05, 0) is 34.6 Å². The highest BCUT2D eigenvalue weighted by Gasteiger charge is 2.64. The first-order valence-corrected chi connectivity index (χ1v) is 11.4. The average molecular weight is 375 g/mol. The van der Waals surface area contributed by atoms with Gasteiger partial charge in [-0.25, -0.2) is 0 Å². The van der Waals surface area contributed by atoms with Crippen molar-refractivity contribution in [2.45, 2.75) is 66.7 Å². The molecule has 0 N–H and O–H groups in total. The van der Waals surface area contributed by atoms with Gasteiger partial charge in [0.05, 0.1) is 0 Å². The van der Waals surface area contributed by atoms with Crippen LogP contribution in [0.1, 0.15) is 72.4 Å². The normalized spacial score (nSPS) is 19.9. The third kappa shape index (κ3) is 2.98. The maximum Gasteiger partial charge on any atom is 0.0265 e. The monoisotopic (exact) mass is 374 g/mol. The fourth-order valence-electron chi connectivity index (χ4n) is 5.59. The lowest BCUT2D eigenvalue weighted by Gasteiger charge is -2.60. The van der Waals surface area contributed by atoms with E-state index in [0.717, 1.165) is 0 Å². The Morgan fingerprint density at radius 3 is 1.57 bits per heavy atom. The van der Waals surface area contributed by atoms with Gasteiger partial charge in [0.15, 0.2) is 0 Å². The van der Waals surface area contributed by atoms with Gasteiger partial charge in [0.25, 0.3) is 0 Å². The van der Waals surface area contributed by atoms with Gasteiger partial charge in [-0.2, -0.15) is 0 Å². The van der Waals surface area contributed by atoms with E-state index in [1.807, 2.05) is 41.5 Å². The van der Waals surface area contributed by atoms with Crippen LogP contribution in [0.15, 0.2) is 72.8 Å². The number of hydrogen-bond donors (Lipinski definition) is 0. The molecule has 2 aromatic rings. The van der Waals surface area contributed by atoms with E-state index >= 15 is 0 Å². The first-order valence-electron chi connectivity index (χ1n) is 11.4. The Hall–Kier alpha value is -2.08. The molecule has 0 heterocycles. The van der Waals surface area contributed by atoms with E-state index in [2.05, 4.69) is 79.8 Å². The SMILES string of the molecule is CC.CC.CC.CCC1C2(C=CC=C2)CC12c1ccccc1-c1ccccc12. The predicted molar refractivity (Wildman–Crippen MR) is 126 cm³/mol. The number of hydrogen-bond acceptors (Lipinski definition) is 0. The number of fused-ring (bicyclic) bond motifs is 5. The van der Waals surface area contributed by atoms with Crippen LogP contribution >= 0.6 is 0 Å². The number of allylic oxidation sites excluding steroid dienone is 4. The topological polar surface area (TPSA) is 0 Å². The van der Waals surface area contributed by atoms with Crippen LogP contribution in [-0.4, -0.2) is 0 Å². The zero-order valence-corrected chi connectivity index (χ0v) is 18.9. The van der Waals surface area contributed by atoms with Crippen LogP contribution in [0.25, 0.3) is 11.1 Å². The minimum absolute atomic E-state index is 0.223. The van der Waals surface area contributed by atoms with Gasteiger partial charge in [0.2, 0.25) is 0 Å². The lowest BCUT2D eigenvalue weighted by Crippen LogP contribution is -2.56. The zero-order chi connectivity index (χ0) is 20.8. The summed E-state index contributed by atoms with van der Waals surface area (Å²) in [5.74, 6) is 0.666. The van der Waals surface area contributed by atoms with Gasteiger partial charge in [0.1, 0.15) is 0 Å². The highest BCUT2D eigenvalue weighted by molar-refractivity contribution is 5.82. The van der Waals surface area contributed by atoms with Gasteiger partial charge >= 0.3 is 0 Å². The molecule has 28 heavy (non-hydrogen) atoms. The smallest absolute Gasteiger partial charge is 0.0265 e. The molecule has 1 atom stereocenters. The molecule has 2 aromatic carbocycles. The minimum Gasteiger partial charge on any atom is -0.0742 e. The number of benzene rings is 2. The van der Waals surface area contributed by atoms with Gasteiger partial charge in [-0.15, -0.1) is 0 Å². The molecular formula is C28H38. The molecule has 0 aliphatic heterocycles. The van der Waals surface area contributed by atoms with Gasteiger partial charge in [0, 0.05) is 10.8 Å². The van der Waals surface area contributed by atoms with E-state index in [4.69, 9.17) is 0 Å². The van der Waals surface area contributed by atoms with Crippen molar-refractivity contribution in [2.75, 3.05) is 0 Å². The van der Waals surface area contributed by atoms with E-state index in [0.29, 0.717) is 11.3 Å². The Balaban J connectivity index is 0.000000430. The summed E-state index contributed by atoms with van der Waals surface area (Å²) in [6, 6.07) is 18.1. The third-order valence-corrected chi connectivity index (χ3v) is 6.27. The van der Waals surface area contributed by atoms with Crippen molar-refractivity contribution in [1.29, 1.82) is 0 Å². The van der Waals surface area contributed by atoms with Crippen molar-refractivity contribution in [1.82, 2.24) is 0 Å². The largest absolute Gasteiger partial charge is 0.0742 e. The minimum atomic E-state index is 0.223. The molecule has 0 radical (unpaired) electrons. The molecule has 5 rings (SSSR count). The van der Waals surface area contributed by atoms with Gasteiger partial charge < -0.3 is 0 Å². The lowest BCUT2D eigenvalue weighted by atomic mass is 9.42. The second kappa shape index (κ2) is 9.41. The summed E-state index contributed by atoms with van der Waals surface area (Å²) in [6.07, 6.45) is 11.8. The van der Waals surface area contributed by atoms with Crippen LogP contribution in [0.2, 0.25) is 0 Å². The second-order valence-electron chi connectivity index (χ2n) is 7.03. The van der Waals surface area contributed by atoms with E-state index < -0.39 is 0 Å². The van der Waals surface area contributed by atoms with Crippen molar-refractivity contribution < 1.29 is 0 Å². The maximum absolute atomic E-state index is 2.44. The first-order chi connectivity index (χ1) is 13.8. The van der Waals surface area contributed by atoms with E-state index in [9.17, 15) is 0 Å². The molecule has 0 amide bonds. The molecule has 0 nitrogen and oxygen atoms in total. The van der Waals surface area contributed by atoms with Crippen LogP contribution in [0.5, 0.6) is 0 Å². The molecule has 0 bridgehead atoms. The molecule has 150 valence electrons. The Morgan fingerprint density at radius 1 is 0.714 bits per heavy atom. The second-order valence-corrected chi connectivity index (χ2v) is 7.03. The molecule has 0 aromatic heterocycles. The highest BCUT2D eigenvalue weighted by atomic mass is 14.7. The zero-order valence-electron chi connectivity index (χ0n) is 18.9. The van der Waals surface area contributed by atoms with Crippen LogP contribution in [0.4, 0.5) is 0 Å². The van der Waals surface area contributed by atoms with E-state index in [1.54, 1.807) is 11.1 Å². The number of rotatable bonds is 1. The molecule has 3 aliphatic carbocycles. The molecule has 3 aliphatic rings. The van der Waals surface area contributed by atoms with Crippen molar-refractivity contribution in [3.63, 3.8) is 0 Å². The summed E-state index contributed by atoms with van der Waals surface area (Å²) in [4.78, 5) is 0. The van der Waals surface area contributed by atoms with Gasteiger partial charge in [-0.1, -0.05) is 128 Å². The maximum atomic E-state index is 2.44. The molecule has 0 heteroatoms. The quantitative estimate of drug-likeness (QED) is 0.469. The summed E-state index contributed by atoms with van der Waals surface area (Å²) in [6.45, 7) is 14.4. The Bertz CT molecular complexity index is 764. The van der Waals surface area contributed by atoms with E-state index in [-0.39, 0.29) is 5.41 Å². The Morgan fingerprint density at radius 2 is 1.14 bits per heavy atom. The molecule has 0 saturated heterocycles. The lowest BCUT2D eigenvalue weighted by molar-refractivity contribution is 0.0341. The predicted octanol–water partition coefficient (Wildman–Crippen LogP) is 8.57. The first kappa shape index (κ1) is 22.2. The summed E-state index contributed by atoms with van der Waals surface area (Å²) in [5.41, 5.74) is 6.54. The summed E-state index contributed by atoms with van der Waals surface area (Å²) in [7, 11) is 0. The van der Waals surface area contributed by atoms with E-state index in [1.165, 1.54) is 24.0 Å². The van der Waals surface area contributed by atoms with Crippen LogP contribution in [-0.2, 0) is 5.41 Å². The third-order valence-electron chi connectivity index (χ3n) is 6.27. The molecule has 1 fully saturated rings. The fourth-order valence-corrected chi connectivity index (χ4v) is 5.59. The van der Waals surface area contributed by atoms with Crippen LogP contribution < -0.4 is 0 Å². The van der Waals surface area contributed by atoms with Gasteiger partial charge in [-0.3, -0.25) is 0 Å². The van der Waals surface area contributed by atoms with Crippen molar-refractivity contribution in [3.05, 3.63) is 84.0 Å². The summed E-state index contributed by atoms with van der Waals surface area (Å²) >= 11 is 0. The van der Waals surface area contributed by atoms with Crippen molar-refractivity contribution in [3.8, 4) is 11.1 Å². The summed E-state index contributed by atoms with van der Waals surface area (Å²) in [5, 5.41) is 0. The molecular weight excluding hydrogens is 336 g/mol. The standard InChI is InChI=1S/C22H20.3C2H6/c1-2-20-21(13-7-8-14-21)15-22(20)18-11-5-3-9-16(18)17-10-4-6-12-19(17)22;3*1-2/h3-14,20H,2,15H2,1H3;3*1-2H3. The van der Waals surface area contributed by atoms with Crippen molar-refractivity contribution >= 4 is 0 Å².